The zero-order valence-electron chi connectivity index (χ0n) is 6.42. The van der Waals surface area contributed by atoms with Gasteiger partial charge in [-0.1, -0.05) is 26.1 Å². The molecule has 0 aromatic carbocycles. The van der Waals surface area contributed by atoms with Gasteiger partial charge in [-0.15, -0.1) is 0 Å². The van der Waals surface area contributed by atoms with Crippen molar-refractivity contribution in [3.05, 3.63) is 11.8 Å². The SMILES string of the molecule is CC(C)C/C(N)=C/C(N)=S. The molecule has 10 heavy (non-hydrogen) atoms. The molecule has 0 bridgehead atoms. The molecule has 58 valence electrons. The molecule has 0 atom stereocenters. The van der Waals surface area contributed by atoms with Gasteiger partial charge < -0.3 is 11.5 Å². The highest BCUT2D eigenvalue weighted by atomic mass is 32.1. The molecule has 0 unspecified atom stereocenters. The zero-order valence-corrected chi connectivity index (χ0v) is 7.24. The Hall–Kier alpha value is -0.570. The van der Waals surface area contributed by atoms with E-state index in [9.17, 15) is 0 Å². The van der Waals surface area contributed by atoms with Crippen LogP contribution in [0.25, 0.3) is 0 Å². The second-order valence-electron chi connectivity index (χ2n) is 2.72. The Bertz CT molecular complexity index is 150. The maximum atomic E-state index is 5.57. The molecule has 4 N–H and O–H groups in total. The Kier molecular flexibility index (Phi) is 4.03. The fraction of sp³-hybridized carbons (Fsp3) is 0.571. The Labute approximate surface area is 67.3 Å². The fourth-order valence-corrected chi connectivity index (χ4v) is 0.864. The summed E-state index contributed by atoms with van der Waals surface area (Å²) in [7, 11) is 0. The number of allylic oxidation sites excluding steroid dienone is 1. The van der Waals surface area contributed by atoms with Gasteiger partial charge in [0.25, 0.3) is 0 Å². The molecule has 0 rings (SSSR count). The molecule has 0 aliphatic carbocycles. The average molecular weight is 158 g/mol. The van der Waals surface area contributed by atoms with Gasteiger partial charge in [-0.25, -0.2) is 0 Å². The van der Waals surface area contributed by atoms with Crippen LogP contribution < -0.4 is 11.5 Å². The lowest BCUT2D eigenvalue weighted by Crippen LogP contribution is -2.09. The molecule has 0 heterocycles. The topological polar surface area (TPSA) is 52.0 Å². The summed E-state index contributed by atoms with van der Waals surface area (Å²) in [6.07, 6.45) is 2.49. The number of hydrogen-bond donors (Lipinski definition) is 2. The first-order chi connectivity index (χ1) is 4.52. The van der Waals surface area contributed by atoms with E-state index in [1.165, 1.54) is 0 Å². The molecule has 0 amide bonds. The lowest BCUT2D eigenvalue weighted by atomic mass is 10.1. The predicted molar refractivity (Wildman–Crippen MR) is 48.5 cm³/mol. The molecule has 2 nitrogen and oxygen atoms in total. The van der Waals surface area contributed by atoms with Crippen LogP contribution in [0, 0.1) is 5.92 Å². The average Bonchev–Trinajstić information content (AvgIpc) is 1.58. The zero-order chi connectivity index (χ0) is 8.15. The Balaban J connectivity index is 3.83. The van der Waals surface area contributed by atoms with Crippen LogP contribution in [-0.2, 0) is 0 Å². The number of hydrogen-bond acceptors (Lipinski definition) is 2. The van der Waals surface area contributed by atoms with Crippen LogP contribution in [0.5, 0.6) is 0 Å². The largest absolute Gasteiger partial charge is 0.402 e. The van der Waals surface area contributed by atoms with Crippen molar-refractivity contribution in [1.29, 1.82) is 0 Å². The third-order valence-electron chi connectivity index (χ3n) is 0.972. The normalized spacial score (nSPS) is 12.1. The minimum atomic E-state index is 0.359. The smallest absolute Gasteiger partial charge is 0.0979 e. The molecule has 0 radical (unpaired) electrons. The van der Waals surface area contributed by atoms with E-state index in [1.807, 2.05) is 0 Å². The molecule has 0 saturated heterocycles. The molecule has 0 aliphatic heterocycles. The van der Waals surface area contributed by atoms with E-state index in [-0.39, 0.29) is 0 Å². The lowest BCUT2D eigenvalue weighted by Gasteiger charge is -2.03. The van der Waals surface area contributed by atoms with Gasteiger partial charge in [-0.2, -0.15) is 0 Å². The Morgan fingerprint density at radius 1 is 1.50 bits per heavy atom. The van der Waals surface area contributed by atoms with Gasteiger partial charge >= 0.3 is 0 Å². The minimum absolute atomic E-state index is 0.359. The second kappa shape index (κ2) is 4.28. The number of nitrogens with two attached hydrogens (primary N) is 2. The maximum Gasteiger partial charge on any atom is 0.0979 e. The summed E-state index contributed by atoms with van der Waals surface area (Å²) < 4.78 is 0. The summed E-state index contributed by atoms with van der Waals surface area (Å²) in [6, 6.07) is 0. The molecular weight excluding hydrogens is 144 g/mol. The summed E-state index contributed by atoms with van der Waals surface area (Å²) in [5.74, 6) is 0.561. The fourth-order valence-electron chi connectivity index (χ4n) is 0.713. The van der Waals surface area contributed by atoms with Crippen molar-refractivity contribution in [3.63, 3.8) is 0 Å². The van der Waals surface area contributed by atoms with Gasteiger partial charge in [0.15, 0.2) is 0 Å². The quantitative estimate of drug-likeness (QED) is 0.478. The lowest BCUT2D eigenvalue weighted by molar-refractivity contribution is 0.639. The molecule has 0 fully saturated rings. The monoisotopic (exact) mass is 158 g/mol. The molecule has 0 aliphatic rings. The molecule has 0 aromatic rings. The minimum Gasteiger partial charge on any atom is -0.402 e. The third-order valence-corrected chi connectivity index (χ3v) is 1.09. The van der Waals surface area contributed by atoms with Crippen LogP contribution >= 0.6 is 12.2 Å². The van der Waals surface area contributed by atoms with Crippen molar-refractivity contribution in [2.45, 2.75) is 20.3 Å². The van der Waals surface area contributed by atoms with Crippen molar-refractivity contribution >= 4 is 17.2 Å². The van der Waals surface area contributed by atoms with Crippen LogP contribution in [0.2, 0.25) is 0 Å². The van der Waals surface area contributed by atoms with Gasteiger partial charge in [0.1, 0.15) is 0 Å². The molecule has 0 saturated carbocycles. The van der Waals surface area contributed by atoms with E-state index >= 15 is 0 Å². The van der Waals surface area contributed by atoms with Gasteiger partial charge in [0.05, 0.1) is 4.99 Å². The highest BCUT2D eigenvalue weighted by molar-refractivity contribution is 7.80. The Morgan fingerprint density at radius 3 is 2.30 bits per heavy atom. The molecular formula is C7H14N2S. The van der Waals surface area contributed by atoms with Crippen LogP contribution in [0.1, 0.15) is 20.3 Å². The predicted octanol–water partition coefficient (Wildman–Crippen LogP) is 1.16. The van der Waals surface area contributed by atoms with Crippen molar-refractivity contribution in [2.75, 3.05) is 0 Å². The molecule has 3 heteroatoms. The van der Waals surface area contributed by atoms with Crippen molar-refractivity contribution in [1.82, 2.24) is 0 Å². The first-order valence-electron chi connectivity index (χ1n) is 3.28. The van der Waals surface area contributed by atoms with E-state index < -0.39 is 0 Å². The standard InChI is InChI=1S/C7H14N2S/c1-5(2)3-6(8)4-7(9)10/h4-5H,3,8H2,1-2H3,(H2,9,10)/b6-4-. The first-order valence-corrected chi connectivity index (χ1v) is 3.68. The van der Waals surface area contributed by atoms with Gasteiger partial charge in [-0.3, -0.25) is 0 Å². The van der Waals surface area contributed by atoms with Crippen molar-refractivity contribution in [3.8, 4) is 0 Å². The van der Waals surface area contributed by atoms with Gasteiger partial charge in [-0.05, 0) is 18.4 Å². The van der Waals surface area contributed by atoms with Gasteiger partial charge in [0.2, 0.25) is 0 Å². The van der Waals surface area contributed by atoms with Crippen LogP contribution in [0.15, 0.2) is 11.8 Å². The van der Waals surface area contributed by atoms with Crippen LogP contribution in [0.4, 0.5) is 0 Å². The van der Waals surface area contributed by atoms with Crippen LogP contribution in [-0.4, -0.2) is 4.99 Å². The summed E-state index contributed by atoms with van der Waals surface area (Å²) in [6.45, 7) is 4.19. The maximum absolute atomic E-state index is 5.57. The summed E-state index contributed by atoms with van der Waals surface area (Å²) in [4.78, 5) is 0.359. The summed E-state index contributed by atoms with van der Waals surface area (Å²) >= 11 is 4.65. The first kappa shape index (κ1) is 9.43. The highest BCUT2D eigenvalue weighted by Gasteiger charge is 1.95. The highest BCUT2D eigenvalue weighted by Crippen LogP contribution is 2.04. The van der Waals surface area contributed by atoms with Crippen molar-refractivity contribution in [2.24, 2.45) is 17.4 Å². The summed E-state index contributed by atoms with van der Waals surface area (Å²) in [5.41, 5.74) is 11.6. The van der Waals surface area contributed by atoms with E-state index in [1.54, 1.807) is 6.08 Å². The number of rotatable bonds is 3. The second-order valence-corrected chi connectivity index (χ2v) is 3.19. The number of thiocarbonyl (C=S) groups is 1. The van der Waals surface area contributed by atoms with E-state index in [4.69, 9.17) is 11.5 Å². The van der Waals surface area contributed by atoms with E-state index in [0.29, 0.717) is 10.9 Å². The van der Waals surface area contributed by atoms with E-state index in [0.717, 1.165) is 12.1 Å². The molecule has 0 aromatic heterocycles. The molecule has 0 spiro atoms. The van der Waals surface area contributed by atoms with Crippen LogP contribution in [0.3, 0.4) is 0 Å². The summed E-state index contributed by atoms with van der Waals surface area (Å²) in [5, 5.41) is 0. The third kappa shape index (κ3) is 5.56. The van der Waals surface area contributed by atoms with E-state index in [2.05, 4.69) is 26.1 Å². The van der Waals surface area contributed by atoms with Gasteiger partial charge in [0, 0.05) is 5.70 Å². The Morgan fingerprint density at radius 2 is 2.00 bits per heavy atom. The van der Waals surface area contributed by atoms with Crippen molar-refractivity contribution < 1.29 is 0 Å².